The molecule has 0 aromatic carbocycles. The summed E-state index contributed by atoms with van der Waals surface area (Å²) in [6.07, 6.45) is 3.70. The highest BCUT2D eigenvalue weighted by Crippen LogP contribution is 2.25. The van der Waals surface area contributed by atoms with Gasteiger partial charge in [0, 0.05) is 19.3 Å². The normalized spacial score (nSPS) is 21.2. The van der Waals surface area contributed by atoms with E-state index in [1.54, 1.807) is 23.1 Å². The Bertz CT molecular complexity index is 573. The van der Waals surface area contributed by atoms with Crippen LogP contribution in [-0.2, 0) is 4.79 Å². The van der Waals surface area contributed by atoms with Crippen molar-refractivity contribution in [1.82, 2.24) is 9.88 Å². The van der Waals surface area contributed by atoms with Gasteiger partial charge in [0.15, 0.2) is 11.4 Å². The zero-order valence-electron chi connectivity index (χ0n) is 12.6. The van der Waals surface area contributed by atoms with Gasteiger partial charge in [-0.3, -0.25) is 9.59 Å². The summed E-state index contributed by atoms with van der Waals surface area (Å²) in [5.74, 6) is -1.17. The predicted molar refractivity (Wildman–Crippen MR) is 80.7 cm³/mol. The Kier molecular flexibility index (Phi) is 5.14. The minimum Gasteiger partial charge on any atom is -0.487 e. The van der Waals surface area contributed by atoms with Crippen molar-refractivity contribution in [3.8, 4) is 5.75 Å². The molecule has 0 radical (unpaired) electrons. The third kappa shape index (κ3) is 3.63. The van der Waals surface area contributed by atoms with Gasteiger partial charge >= 0.3 is 5.97 Å². The second-order valence-electron chi connectivity index (χ2n) is 5.54. The molecule has 2 unspecified atom stereocenters. The van der Waals surface area contributed by atoms with Crippen molar-refractivity contribution in [2.45, 2.75) is 13.3 Å². The molecule has 2 rings (SSSR count). The Balaban J connectivity index is 2.20. The van der Waals surface area contributed by atoms with Gasteiger partial charge in [0.2, 0.25) is 0 Å². The second kappa shape index (κ2) is 7.06. The molecule has 1 amide bonds. The topological polar surface area (TPSA) is 79.7 Å². The van der Waals surface area contributed by atoms with Gasteiger partial charge in [0.05, 0.1) is 5.92 Å². The Morgan fingerprint density at radius 1 is 1.55 bits per heavy atom. The molecule has 0 saturated carbocycles. The van der Waals surface area contributed by atoms with Crippen molar-refractivity contribution in [2.75, 3.05) is 19.7 Å². The van der Waals surface area contributed by atoms with Crippen LogP contribution in [0.3, 0.4) is 0 Å². The lowest BCUT2D eigenvalue weighted by atomic mass is 9.90. The number of aromatic nitrogens is 1. The number of carboxylic acid groups (broad SMARTS) is 1. The van der Waals surface area contributed by atoms with Crippen LogP contribution in [0.25, 0.3) is 0 Å². The lowest BCUT2D eigenvalue weighted by molar-refractivity contribution is -0.143. The Labute approximate surface area is 129 Å². The van der Waals surface area contributed by atoms with Crippen molar-refractivity contribution in [3.63, 3.8) is 0 Å². The van der Waals surface area contributed by atoms with Crippen LogP contribution in [0.15, 0.2) is 31.0 Å². The summed E-state index contributed by atoms with van der Waals surface area (Å²) < 4.78 is 5.46. The molecule has 0 bridgehead atoms. The smallest absolute Gasteiger partial charge is 0.308 e. The zero-order chi connectivity index (χ0) is 16.1. The van der Waals surface area contributed by atoms with E-state index in [2.05, 4.69) is 11.6 Å². The van der Waals surface area contributed by atoms with Crippen LogP contribution in [0.1, 0.15) is 23.8 Å². The maximum absolute atomic E-state index is 12.7. The Hall–Kier alpha value is -2.37. The van der Waals surface area contributed by atoms with Gasteiger partial charge in [-0.1, -0.05) is 19.6 Å². The van der Waals surface area contributed by atoms with E-state index in [4.69, 9.17) is 4.74 Å². The number of aliphatic carboxylic acids is 1. The molecule has 1 aliphatic rings. The SMILES string of the molecule is C=CCOc1cccnc1C(=O)N1CC(C)CC(C(=O)O)C1. The summed E-state index contributed by atoms with van der Waals surface area (Å²) in [5, 5.41) is 9.21. The molecule has 1 aromatic heterocycles. The van der Waals surface area contributed by atoms with Gasteiger partial charge in [0.25, 0.3) is 5.91 Å². The first-order valence-electron chi connectivity index (χ1n) is 7.23. The second-order valence-corrected chi connectivity index (χ2v) is 5.54. The van der Waals surface area contributed by atoms with Crippen LogP contribution >= 0.6 is 0 Å². The fourth-order valence-electron chi connectivity index (χ4n) is 2.66. The van der Waals surface area contributed by atoms with Crippen LogP contribution < -0.4 is 4.74 Å². The van der Waals surface area contributed by atoms with E-state index in [0.29, 0.717) is 18.7 Å². The molecule has 6 heteroatoms. The molecule has 6 nitrogen and oxygen atoms in total. The number of likely N-dealkylation sites (tertiary alicyclic amines) is 1. The van der Waals surface area contributed by atoms with E-state index >= 15 is 0 Å². The van der Waals surface area contributed by atoms with E-state index < -0.39 is 11.9 Å². The minimum absolute atomic E-state index is 0.139. The van der Waals surface area contributed by atoms with Gasteiger partial charge in [-0.15, -0.1) is 0 Å². The number of amides is 1. The Morgan fingerprint density at radius 2 is 2.32 bits per heavy atom. The summed E-state index contributed by atoms with van der Waals surface area (Å²) in [7, 11) is 0. The van der Waals surface area contributed by atoms with Crippen LogP contribution in [0.4, 0.5) is 0 Å². The molecule has 1 saturated heterocycles. The summed E-state index contributed by atoms with van der Waals surface area (Å²) in [6.45, 7) is 6.53. The van der Waals surface area contributed by atoms with E-state index in [1.165, 1.54) is 6.20 Å². The standard InChI is InChI=1S/C16H20N2O4/c1-3-7-22-13-5-4-6-17-14(13)15(19)18-9-11(2)8-12(10-18)16(20)21/h3-6,11-12H,1,7-10H2,2H3,(H,20,21). The highest BCUT2D eigenvalue weighted by atomic mass is 16.5. The van der Waals surface area contributed by atoms with Crippen LogP contribution in [0.2, 0.25) is 0 Å². The molecule has 1 fully saturated rings. The van der Waals surface area contributed by atoms with Crippen LogP contribution in [-0.4, -0.2) is 46.6 Å². The predicted octanol–water partition coefficient (Wildman–Crippen LogP) is 1.83. The zero-order valence-corrected chi connectivity index (χ0v) is 12.6. The summed E-state index contributed by atoms with van der Waals surface area (Å²) in [4.78, 5) is 29.5. The summed E-state index contributed by atoms with van der Waals surface area (Å²) >= 11 is 0. The Morgan fingerprint density at radius 3 is 3.00 bits per heavy atom. The first-order chi connectivity index (χ1) is 10.5. The molecule has 22 heavy (non-hydrogen) atoms. The van der Waals surface area contributed by atoms with Gasteiger partial charge < -0.3 is 14.7 Å². The molecule has 0 aliphatic carbocycles. The third-order valence-electron chi connectivity index (χ3n) is 3.63. The number of carbonyl (C=O) groups excluding carboxylic acids is 1. The lowest BCUT2D eigenvalue weighted by Crippen LogP contribution is -2.45. The molecule has 1 aromatic rings. The highest BCUT2D eigenvalue weighted by molar-refractivity contribution is 5.95. The molecule has 1 N–H and O–H groups in total. The quantitative estimate of drug-likeness (QED) is 0.839. The number of hydrogen-bond acceptors (Lipinski definition) is 4. The molecule has 1 aliphatic heterocycles. The van der Waals surface area contributed by atoms with Crippen molar-refractivity contribution < 1.29 is 19.4 Å². The van der Waals surface area contributed by atoms with Crippen molar-refractivity contribution in [2.24, 2.45) is 11.8 Å². The molecule has 2 heterocycles. The number of hydrogen-bond donors (Lipinski definition) is 1. The number of carbonyl (C=O) groups is 2. The number of rotatable bonds is 5. The first-order valence-corrected chi connectivity index (χ1v) is 7.23. The van der Waals surface area contributed by atoms with Gasteiger partial charge in [-0.05, 0) is 24.5 Å². The highest BCUT2D eigenvalue weighted by Gasteiger charge is 2.33. The maximum atomic E-state index is 12.7. The molecule has 0 spiro atoms. The van der Waals surface area contributed by atoms with Crippen LogP contribution in [0, 0.1) is 11.8 Å². The lowest BCUT2D eigenvalue weighted by Gasteiger charge is -2.34. The fourth-order valence-corrected chi connectivity index (χ4v) is 2.66. The van der Waals surface area contributed by atoms with Gasteiger partial charge in [0.1, 0.15) is 6.61 Å². The summed E-state index contributed by atoms with van der Waals surface area (Å²) in [5.41, 5.74) is 0.211. The number of pyridine rings is 1. The monoisotopic (exact) mass is 304 g/mol. The van der Waals surface area contributed by atoms with E-state index in [-0.39, 0.29) is 30.7 Å². The van der Waals surface area contributed by atoms with E-state index in [0.717, 1.165) is 0 Å². The average molecular weight is 304 g/mol. The fraction of sp³-hybridized carbons (Fsp3) is 0.438. The third-order valence-corrected chi connectivity index (χ3v) is 3.63. The molecule has 118 valence electrons. The van der Waals surface area contributed by atoms with Gasteiger partial charge in [-0.2, -0.15) is 0 Å². The summed E-state index contributed by atoms with van der Waals surface area (Å²) in [6, 6.07) is 3.36. The average Bonchev–Trinajstić information content (AvgIpc) is 2.51. The molecular weight excluding hydrogens is 284 g/mol. The largest absolute Gasteiger partial charge is 0.487 e. The van der Waals surface area contributed by atoms with Crippen LogP contribution in [0.5, 0.6) is 5.75 Å². The maximum Gasteiger partial charge on any atom is 0.308 e. The number of nitrogens with zero attached hydrogens (tertiary/aromatic N) is 2. The van der Waals surface area contributed by atoms with E-state index in [1.807, 2.05) is 6.92 Å². The van der Waals surface area contributed by atoms with Gasteiger partial charge in [-0.25, -0.2) is 4.98 Å². The van der Waals surface area contributed by atoms with E-state index in [9.17, 15) is 14.7 Å². The number of piperidine rings is 1. The molecular formula is C16H20N2O4. The minimum atomic E-state index is -0.867. The van der Waals surface area contributed by atoms with Crippen molar-refractivity contribution >= 4 is 11.9 Å². The molecule has 2 atom stereocenters. The van der Waals surface area contributed by atoms with Crippen molar-refractivity contribution in [3.05, 3.63) is 36.7 Å². The number of carboxylic acids is 1. The van der Waals surface area contributed by atoms with Crippen molar-refractivity contribution in [1.29, 1.82) is 0 Å². The number of ether oxygens (including phenoxy) is 1. The first kappa shape index (κ1) is 16.0.